The predicted octanol–water partition coefficient (Wildman–Crippen LogP) is 4.12. The van der Waals surface area contributed by atoms with Crippen LogP contribution in [0.3, 0.4) is 0 Å². The Labute approximate surface area is 98.4 Å². The summed E-state index contributed by atoms with van der Waals surface area (Å²) in [5.41, 5.74) is 1.75. The molecular weight excluding hydrogens is 200 g/mol. The van der Waals surface area contributed by atoms with Crippen molar-refractivity contribution in [3.63, 3.8) is 0 Å². The van der Waals surface area contributed by atoms with E-state index < -0.39 is 0 Å². The first-order chi connectivity index (χ1) is 7.66. The third kappa shape index (κ3) is 3.51. The molecule has 0 spiro atoms. The molecule has 2 nitrogen and oxygen atoms in total. The lowest BCUT2D eigenvalue weighted by atomic mass is 10.1. The third-order valence-electron chi connectivity index (χ3n) is 3.08. The molecule has 0 radical (unpaired) electrons. The largest absolute Gasteiger partial charge is 0.423 e. The molecule has 90 valence electrons. The summed E-state index contributed by atoms with van der Waals surface area (Å²) in [6, 6.07) is 0. The van der Waals surface area contributed by atoms with Crippen molar-refractivity contribution in [2.45, 2.75) is 59.3 Å². The highest BCUT2D eigenvalue weighted by Crippen LogP contribution is 2.25. The van der Waals surface area contributed by atoms with Gasteiger partial charge in [0, 0.05) is 11.1 Å². The lowest BCUT2D eigenvalue weighted by Crippen LogP contribution is -1.94. The number of ether oxygens (including phenoxy) is 1. The molecule has 16 heavy (non-hydrogen) atoms. The Balaban J connectivity index is 2.29. The Bertz CT molecular complexity index is 311. The van der Waals surface area contributed by atoms with E-state index in [2.05, 4.69) is 13.0 Å². The number of esters is 1. The van der Waals surface area contributed by atoms with Crippen LogP contribution in [0, 0.1) is 0 Å². The Hall–Kier alpha value is -1.05. The molecule has 1 aliphatic rings. The SMILES string of the molecule is CCCCCCC/C=C1\OC(=O)C(C)=C1C. The van der Waals surface area contributed by atoms with Crippen LogP contribution in [-0.2, 0) is 9.53 Å². The van der Waals surface area contributed by atoms with E-state index in [1.807, 2.05) is 13.8 Å². The zero-order valence-corrected chi connectivity index (χ0v) is 10.6. The summed E-state index contributed by atoms with van der Waals surface area (Å²) in [5, 5.41) is 0. The summed E-state index contributed by atoms with van der Waals surface area (Å²) >= 11 is 0. The van der Waals surface area contributed by atoms with Crippen LogP contribution in [0.1, 0.15) is 59.3 Å². The van der Waals surface area contributed by atoms with Crippen LogP contribution in [0.2, 0.25) is 0 Å². The normalized spacial score (nSPS) is 18.4. The Morgan fingerprint density at radius 1 is 1.06 bits per heavy atom. The van der Waals surface area contributed by atoms with Gasteiger partial charge in [0.25, 0.3) is 0 Å². The number of hydrogen-bond donors (Lipinski definition) is 0. The van der Waals surface area contributed by atoms with E-state index >= 15 is 0 Å². The fourth-order valence-electron chi connectivity index (χ4n) is 1.77. The van der Waals surface area contributed by atoms with Crippen molar-refractivity contribution >= 4 is 5.97 Å². The maximum atomic E-state index is 11.2. The van der Waals surface area contributed by atoms with Crippen molar-refractivity contribution in [2.24, 2.45) is 0 Å². The molecule has 0 atom stereocenters. The van der Waals surface area contributed by atoms with E-state index in [4.69, 9.17) is 4.74 Å². The van der Waals surface area contributed by atoms with Gasteiger partial charge in [-0.15, -0.1) is 0 Å². The monoisotopic (exact) mass is 222 g/mol. The number of rotatable bonds is 6. The van der Waals surface area contributed by atoms with Gasteiger partial charge in [0.2, 0.25) is 0 Å². The molecule has 0 aromatic heterocycles. The number of unbranched alkanes of at least 4 members (excludes halogenated alkanes) is 5. The Kier molecular flexibility index (Phi) is 5.30. The van der Waals surface area contributed by atoms with Gasteiger partial charge in [-0.25, -0.2) is 4.79 Å². The zero-order chi connectivity index (χ0) is 12.0. The van der Waals surface area contributed by atoms with Crippen molar-refractivity contribution in [1.29, 1.82) is 0 Å². The molecule has 0 unspecified atom stereocenters. The molecule has 2 heteroatoms. The van der Waals surface area contributed by atoms with Gasteiger partial charge in [0.15, 0.2) is 0 Å². The second-order valence-electron chi connectivity index (χ2n) is 4.41. The van der Waals surface area contributed by atoms with Crippen LogP contribution in [-0.4, -0.2) is 5.97 Å². The van der Waals surface area contributed by atoms with Crippen molar-refractivity contribution in [3.8, 4) is 0 Å². The average Bonchev–Trinajstić information content (AvgIpc) is 2.51. The second-order valence-corrected chi connectivity index (χ2v) is 4.41. The zero-order valence-electron chi connectivity index (χ0n) is 10.6. The predicted molar refractivity (Wildman–Crippen MR) is 65.9 cm³/mol. The van der Waals surface area contributed by atoms with Gasteiger partial charge in [-0.05, 0) is 32.8 Å². The Morgan fingerprint density at radius 2 is 1.75 bits per heavy atom. The third-order valence-corrected chi connectivity index (χ3v) is 3.08. The van der Waals surface area contributed by atoms with Crippen LogP contribution in [0.5, 0.6) is 0 Å². The summed E-state index contributed by atoms with van der Waals surface area (Å²) in [7, 11) is 0. The van der Waals surface area contributed by atoms with E-state index in [0.29, 0.717) is 0 Å². The molecule has 0 aromatic carbocycles. The molecule has 0 fully saturated rings. The fraction of sp³-hybridized carbons (Fsp3) is 0.643. The Morgan fingerprint density at radius 3 is 2.31 bits per heavy atom. The lowest BCUT2D eigenvalue weighted by Gasteiger charge is -2.00. The van der Waals surface area contributed by atoms with Crippen LogP contribution in [0.15, 0.2) is 23.0 Å². The van der Waals surface area contributed by atoms with Crippen molar-refractivity contribution in [2.75, 3.05) is 0 Å². The van der Waals surface area contributed by atoms with E-state index in [1.54, 1.807) is 0 Å². The van der Waals surface area contributed by atoms with E-state index in [9.17, 15) is 4.79 Å². The molecular formula is C14H22O2. The molecule has 0 aliphatic carbocycles. The van der Waals surface area contributed by atoms with Gasteiger partial charge in [-0.1, -0.05) is 32.6 Å². The van der Waals surface area contributed by atoms with E-state index in [0.717, 1.165) is 23.3 Å². The fourth-order valence-corrected chi connectivity index (χ4v) is 1.77. The molecule has 0 bridgehead atoms. The first kappa shape index (κ1) is 13.0. The van der Waals surface area contributed by atoms with E-state index in [1.165, 1.54) is 32.1 Å². The van der Waals surface area contributed by atoms with Crippen LogP contribution in [0.25, 0.3) is 0 Å². The molecule has 0 amide bonds. The molecule has 0 saturated carbocycles. The first-order valence-corrected chi connectivity index (χ1v) is 6.27. The highest BCUT2D eigenvalue weighted by Gasteiger charge is 2.22. The second kappa shape index (κ2) is 6.51. The maximum absolute atomic E-state index is 11.2. The van der Waals surface area contributed by atoms with Gasteiger partial charge in [-0.3, -0.25) is 0 Å². The molecule has 0 N–H and O–H groups in total. The van der Waals surface area contributed by atoms with Crippen molar-refractivity contribution in [3.05, 3.63) is 23.0 Å². The smallest absolute Gasteiger partial charge is 0.339 e. The lowest BCUT2D eigenvalue weighted by molar-refractivity contribution is -0.133. The number of allylic oxidation sites excluding steroid dienone is 2. The van der Waals surface area contributed by atoms with Gasteiger partial charge in [0.05, 0.1) is 0 Å². The number of cyclic esters (lactones) is 1. The molecule has 0 saturated heterocycles. The number of carbonyl (C=O) groups is 1. The van der Waals surface area contributed by atoms with Crippen molar-refractivity contribution in [1.82, 2.24) is 0 Å². The number of carbonyl (C=O) groups excluding carboxylic acids is 1. The molecule has 1 heterocycles. The standard InChI is InChI=1S/C14H22O2/c1-4-5-6-7-8-9-10-13-11(2)12(3)14(15)16-13/h10H,4-9H2,1-3H3/b13-10-. The van der Waals surface area contributed by atoms with Gasteiger partial charge in [0.1, 0.15) is 5.76 Å². The minimum Gasteiger partial charge on any atom is -0.423 e. The highest BCUT2D eigenvalue weighted by molar-refractivity contribution is 5.93. The maximum Gasteiger partial charge on any atom is 0.339 e. The summed E-state index contributed by atoms with van der Waals surface area (Å²) < 4.78 is 5.16. The highest BCUT2D eigenvalue weighted by atomic mass is 16.5. The minimum atomic E-state index is -0.185. The van der Waals surface area contributed by atoms with Crippen LogP contribution < -0.4 is 0 Å². The molecule has 1 aliphatic heterocycles. The topological polar surface area (TPSA) is 26.3 Å². The average molecular weight is 222 g/mol. The van der Waals surface area contributed by atoms with Crippen molar-refractivity contribution < 1.29 is 9.53 Å². The molecule has 0 aromatic rings. The van der Waals surface area contributed by atoms with Crippen LogP contribution >= 0.6 is 0 Å². The number of hydrogen-bond acceptors (Lipinski definition) is 2. The van der Waals surface area contributed by atoms with Gasteiger partial charge >= 0.3 is 5.97 Å². The molecule has 1 rings (SSSR count). The van der Waals surface area contributed by atoms with E-state index in [-0.39, 0.29) is 5.97 Å². The summed E-state index contributed by atoms with van der Waals surface area (Å²) in [4.78, 5) is 11.2. The summed E-state index contributed by atoms with van der Waals surface area (Å²) in [6.07, 6.45) is 9.43. The van der Waals surface area contributed by atoms with Gasteiger partial charge < -0.3 is 4.74 Å². The summed E-state index contributed by atoms with van der Waals surface area (Å²) in [6.45, 7) is 5.99. The quantitative estimate of drug-likeness (QED) is 0.499. The first-order valence-electron chi connectivity index (χ1n) is 6.27. The van der Waals surface area contributed by atoms with Gasteiger partial charge in [-0.2, -0.15) is 0 Å². The van der Waals surface area contributed by atoms with Crippen LogP contribution in [0.4, 0.5) is 0 Å². The minimum absolute atomic E-state index is 0.185. The summed E-state index contributed by atoms with van der Waals surface area (Å²) in [5.74, 6) is 0.590.